The fraction of sp³-hybridized carbons (Fsp3) is 0.333. The minimum Gasteiger partial charge on any atom is -0.447 e. The summed E-state index contributed by atoms with van der Waals surface area (Å²) in [6.07, 6.45) is -0.650. The van der Waals surface area contributed by atoms with Crippen LogP contribution in [0, 0.1) is 0 Å². The standard InChI is InChI=1S/C18H21N3O2/c1-11(2)23-18(22)21-17-19-12(3)16(20-17)15-9-8-13-6-4-5-7-14(13)10-15/h4-12,16H,1-3H3,(H2,19,20,21,22). The molecular weight excluding hydrogens is 290 g/mol. The van der Waals surface area contributed by atoms with Crippen LogP contribution in [-0.2, 0) is 4.74 Å². The highest BCUT2D eigenvalue weighted by Crippen LogP contribution is 2.26. The summed E-state index contributed by atoms with van der Waals surface area (Å²) >= 11 is 0. The van der Waals surface area contributed by atoms with E-state index in [0.29, 0.717) is 5.96 Å². The molecule has 1 aliphatic rings. The molecule has 0 spiro atoms. The average Bonchev–Trinajstić information content (AvgIpc) is 2.86. The monoisotopic (exact) mass is 311 g/mol. The number of ether oxygens (including phenoxy) is 1. The summed E-state index contributed by atoms with van der Waals surface area (Å²) in [6, 6.07) is 14.7. The maximum atomic E-state index is 11.7. The largest absolute Gasteiger partial charge is 0.447 e. The summed E-state index contributed by atoms with van der Waals surface area (Å²) in [5, 5.41) is 8.32. The highest BCUT2D eigenvalue weighted by Gasteiger charge is 2.27. The number of nitrogens with one attached hydrogen (secondary N) is 2. The van der Waals surface area contributed by atoms with Gasteiger partial charge in [-0.05, 0) is 43.2 Å². The van der Waals surface area contributed by atoms with Crippen LogP contribution in [0.3, 0.4) is 0 Å². The molecule has 0 aromatic heterocycles. The van der Waals surface area contributed by atoms with E-state index in [2.05, 4.69) is 46.0 Å². The van der Waals surface area contributed by atoms with Crippen molar-refractivity contribution in [2.75, 3.05) is 0 Å². The van der Waals surface area contributed by atoms with E-state index in [-0.39, 0.29) is 18.2 Å². The molecule has 2 aromatic carbocycles. The summed E-state index contributed by atoms with van der Waals surface area (Å²) in [5.41, 5.74) is 1.15. The van der Waals surface area contributed by atoms with Crippen LogP contribution < -0.4 is 10.6 Å². The smallest absolute Gasteiger partial charge is 0.414 e. The van der Waals surface area contributed by atoms with Crippen molar-refractivity contribution in [2.45, 2.75) is 39.0 Å². The minimum atomic E-state index is -0.488. The van der Waals surface area contributed by atoms with E-state index in [0.717, 1.165) is 5.56 Å². The van der Waals surface area contributed by atoms with Crippen LogP contribution in [-0.4, -0.2) is 24.2 Å². The molecule has 2 N–H and O–H groups in total. The zero-order chi connectivity index (χ0) is 16.4. The maximum Gasteiger partial charge on any atom is 0.414 e. The zero-order valence-corrected chi connectivity index (χ0v) is 13.5. The van der Waals surface area contributed by atoms with Crippen LogP contribution in [0.25, 0.3) is 10.8 Å². The molecule has 2 atom stereocenters. The van der Waals surface area contributed by atoms with Crippen molar-refractivity contribution in [3.63, 3.8) is 0 Å². The molecule has 0 bridgehead atoms. The van der Waals surface area contributed by atoms with Crippen molar-refractivity contribution in [3.8, 4) is 0 Å². The van der Waals surface area contributed by atoms with Gasteiger partial charge in [-0.25, -0.2) is 9.79 Å². The number of nitrogens with zero attached hydrogens (tertiary/aromatic N) is 1. The lowest BCUT2D eigenvalue weighted by Crippen LogP contribution is -2.40. The van der Waals surface area contributed by atoms with Gasteiger partial charge in [0.25, 0.3) is 0 Å². The second-order valence-electron chi connectivity index (χ2n) is 6.03. The van der Waals surface area contributed by atoms with Gasteiger partial charge in [0.2, 0.25) is 5.96 Å². The minimum absolute atomic E-state index is 0.0329. The molecule has 5 heteroatoms. The van der Waals surface area contributed by atoms with E-state index in [9.17, 15) is 4.79 Å². The first kappa shape index (κ1) is 15.3. The number of hydrogen-bond acceptors (Lipinski definition) is 4. The third-order valence-corrected chi connectivity index (χ3v) is 3.80. The van der Waals surface area contributed by atoms with Gasteiger partial charge in [-0.1, -0.05) is 36.4 Å². The first-order valence-electron chi connectivity index (χ1n) is 7.83. The first-order chi connectivity index (χ1) is 11.0. The second-order valence-corrected chi connectivity index (χ2v) is 6.03. The SMILES string of the molecule is CC(C)OC(=O)NC1=NC(C)C(c2ccc3ccccc3c2)N1. The molecular formula is C18H21N3O2. The Kier molecular flexibility index (Phi) is 4.19. The molecule has 1 amide bonds. The number of fused-ring (bicyclic) bond motifs is 1. The Bertz CT molecular complexity index is 755. The summed E-state index contributed by atoms with van der Waals surface area (Å²) in [5.74, 6) is 0.460. The molecule has 23 heavy (non-hydrogen) atoms. The average molecular weight is 311 g/mol. The Morgan fingerprint density at radius 1 is 1.22 bits per heavy atom. The number of rotatable bonds is 2. The predicted octanol–water partition coefficient (Wildman–Crippen LogP) is 3.36. The van der Waals surface area contributed by atoms with E-state index in [4.69, 9.17) is 4.74 Å². The fourth-order valence-electron chi connectivity index (χ4n) is 2.76. The van der Waals surface area contributed by atoms with Gasteiger partial charge in [0, 0.05) is 0 Å². The number of guanidine groups is 1. The van der Waals surface area contributed by atoms with Gasteiger partial charge >= 0.3 is 6.09 Å². The molecule has 2 unspecified atom stereocenters. The van der Waals surface area contributed by atoms with E-state index < -0.39 is 6.09 Å². The summed E-state index contributed by atoms with van der Waals surface area (Å²) in [7, 11) is 0. The highest BCUT2D eigenvalue weighted by atomic mass is 16.6. The van der Waals surface area contributed by atoms with E-state index in [1.54, 1.807) is 0 Å². The van der Waals surface area contributed by atoms with E-state index >= 15 is 0 Å². The van der Waals surface area contributed by atoms with Crippen LogP contribution in [0.1, 0.15) is 32.4 Å². The van der Waals surface area contributed by atoms with Gasteiger partial charge in [0.15, 0.2) is 0 Å². The number of aliphatic imine (C=N–C) groups is 1. The molecule has 5 nitrogen and oxygen atoms in total. The lowest BCUT2D eigenvalue weighted by Gasteiger charge is -2.17. The molecule has 0 saturated carbocycles. The van der Waals surface area contributed by atoms with Crippen LogP contribution in [0.15, 0.2) is 47.5 Å². The van der Waals surface area contributed by atoms with Crippen LogP contribution in [0.2, 0.25) is 0 Å². The topological polar surface area (TPSA) is 62.7 Å². The highest BCUT2D eigenvalue weighted by molar-refractivity contribution is 5.95. The van der Waals surface area contributed by atoms with Gasteiger partial charge in [0.05, 0.1) is 18.2 Å². The van der Waals surface area contributed by atoms with Crippen molar-refractivity contribution in [3.05, 3.63) is 48.0 Å². The van der Waals surface area contributed by atoms with Gasteiger partial charge in [0.1, 0.15) is 0 Å². The Hall–Kier alpha value is -2.56. The Labute approximate surface area is 135 Å². The number of hydrogen-bond donors (Lipinski definition) is 2. The quantitative estimate of drug-likeness (QED) is 0.894. The molecule has 120 valence electrons. The van der Waals surface area contributed by atoms with Gasteiger partial charge < -0.3 is 10.1 Å². The molecule has 0 saturated heterocycles. The van der Waals surface area contributed by atoms with Crippen molar-refractivity contribution in [1.29, 1.82) is 0 Å². The number of carbonyl (C=O) groups is 1. The molecule has 0 fully saturated rings. The normalized spacial score (nSPS) is 20.3. The third-order valence-electron chi connectivity index (χ3n) is 3.80. The summed E-state index contributed by atoms with van der Waals surface area (Å²) in [6.45, 7) is 5.64. The fourth-order valence-corrected chi connectivity index (χ4v) is 2.76. The Balaban J connectivity index is 1.73. The molecule has 2 aromatic rings. The number of amides is 1. The lowest BCUT2D eigenvalue weighted by molar-refractivity contribution is 0.120. The molecule has 0 aliphatic carbocycles. The van der Waals surface area contributed by atoms with Crippen molar-refractivity contribution in [1.82, 2.24) is 10.6 Å². The predicted molar refractivity (Wildman–Crippen MR) is 91.5 cm³/mol. The van der Waals surface area contributed by atoms with Crippen LogP contribution in [0.5, 0.6) is 0 Å². The number of alkyl carbamates (subject to hydrolysis) is 1. The molecule has 0 radical (unpaired) electrons. The van der Waals surface area contributed by atoms with Crippen molar-refractivity contribution >= 4 is 22.8 Å². The molecule has 1 aliphatic heterocycles. The Morgan fingerprint density at radius 3 is 2.70 bits per heavy atom. The van der Waals surface area contributed by atoms with E-state index in [1.807, 2.05) is 32.9 Å². The van der Waals surface area contributed by atoms with Gasteiger partial charge in [-0.2, -0.15) is 0 Å². The van der Waals surface area contributed by atoms with Gasteiger partial charge in [-0.3, -0.25) is 5.32 Å². The second kappa shape index (κ2) is 6.28. The summed E-state index contributed by atoms with van der Waals surface area (Å²) < 4.78 is 5.08. The van der Waals surface area contributed by atoms with Gasteiger partial charge in [-0.15, -0.1) is 0 Å². The maximum absolute atomic E-state index is 11.7. The van der Waals surface area contributed by atoms with Crippen molar-refractivity contribution < 1.29 is 9.53 Å². The lowest BCUT2D eigenvalue weighted by atomic mass is 9.98. The molecule has 1 heterocycles. The van der Waals surface area contributed by atoms with E-state index in [1.165, 1.54) is 10.8 Å². The van der Waals surface area contributed by atoms with Crippen molar-refractivity contribution in [2.24, 2.45) is 4.99 Å². The zero-order valence-electron chi connectivity index (χ0n) is 13.5. The number of benzene rings is 2. The molecule has 3 rings (SSSR count). The summed E-state index contributed by atoms with van der Waals surface area (Å²) in [4.78, 5) is 16.1. The van der Waals surface area contributed by atoms with Crippen LogP contribution >= 0.6 is 0 Å². The number of carbonyl (C=O) groups excluding carboxylic acids is 1. The first-order valence-corrected chi connectivity index (χ1v) is 7.83. The Morgan fingerprint density at radius 2 is 1.96 bits per heavy atom. The third kappa shape index (κ3) is 3.44. The van der Waals surface area contributed by atoms with Crippen LogP contribution in [0.4, 0.5) is 4.79 Å².